The molecule has 1 aromatic heterocycles. The molecule has 0 spiro atoms. The smallest absolute Gasteiger partial charge is 0.338 e. The Hall–Kier alpha value is -3.89. The first-order chi connectivity index (χ1) is 18.5. The van der Waals surface area contributed by atoms with Crippen LogP contribution in [-0.4, -0.2) is 53.2 Å². The van der Waals surface area contributed by atoms with Crippen LogP contribution >= 0.6 is 23.1 Å². The minimum Gasteiger partial charge on any atom is -0.467 e. The Kier molecular flexibility index (Phi) is 7.62. The molecule has 2 aromatic carbocycles. The van der Waals surface area contributed by atoms with Crippen LogP contribution in [0.4, 0.5) is 0 Å². The van der Waals surface area contributed by atoms with Crippen LogP contribution in [0.1, 0.15) is 22.1 Å². The molecule has 1 N–H and O–H groups in total. The highest BCUT2D eigenvalue weighted by molar-refractivity contribution is 8.03. The van der Waals surface area contributed by atoms with Crippen LogP contribution in [0.2, 0.25) is 0 Å². The van der Waals surface area contributed by atoms with E-state index in [4.69, 9.17) is 9.47 Å². The van der Waals surface area contributed by atoms with E-state index in [1.807, 2.05) is 78.2 Å². The number of nitrogens with one attached hydrogen (secondary N) is 1. The molecule has 10 heteroatoms. The predicted octanol–water partition coefficient (Wildman–Crippen LogP) is 3.45. The molecule has 2 amide bonds. The number of fused-ring (bicyclic) bond motifs is 1. The van der Waals surface area contributed by atoms with Gasteiger partial charge in [0.15, 0.2) is 12.1 Å². The Morgan fingerprint density at radius 2 is 1.63 bits per heavy atom. The largest absolute Gasteiger partial charge is 0.467 e. The summed E-state index contributed by atoms with van der Waals surface area (Å²) in [6.07, 6.45) is -0.559. The summed E-state index contributed by atoms with van der Waals surface area (Å²) in [6.45, 7) is 0. The zero-order chi connectivity index (χ0) is 26.6. The van der Waals surface area contributed by atoms with Crippen molar-refractivity contribution in [1.82, 2.24) is 10.2 Å². The molecule has 1 fully saturated rings. The standard InChI is InChI=1S/C28H24N2O6S2/c1-35-28(34)23-20(27(33)36-24(17-9-4-2-5-10-17)18-11-6-3-7-12-18)16-38-26-22(25(32)30(23)26)29-21(31)15-19-13-8-14-37-19/h2-14,16,22-24,26H,15H2,1H3,(H,29,31)/t22?,23?,26-/m1/s1. The third-order valence-electron chi connectivity index (χ3n) is 6.31. The highest BCUT2D eigenvalue weighted by Crippen LogP contribution is 2.41. The Morgan fingerprint density at radius 3 is 2.21 bits per heavy atom. The fourth-order valence-electron chi connectivity index (χ4n) is 4.46. The summed E-state index contributed by atoms with van der Waals surface area (Å²) in [7, 11) is 1.20. The molecule has 1 saturated heterocycles. The zero-order valence-corrected chi connectivity index (χ0v) is 21.9. The van der Waals surface area contributed by atoms with Gasteiger partial charge in [-0.15, -0.1) is 23.1 Å². The first kappa shape index (κ1) is 25.7. The molecule has 0 bridgehead atoms. The van der Waals surface area contributed by atoms with Gasteiger partial charge in [-0.25, -0.2) is 9.59 Å². The third-order valence-corrected chi connectivity index (χ3v) is 8.35. The molecule has 5 rings (SSSR count). The van der Waals surface area contributed by atoms with Crippen LogP contribution in [0.15, 0.2) is 89.2 Å². The van der Waals surface area contributed by atoms with Crippen molar-refractivity contribution in [3.05, 3.63) is 105 Å². The first-order valence-electron chi connectivity index (χ1n) is 11.9. The number of β-lactam (4-membered cyclic amide) rings is 1. The maximum absolute atomic E-state index is 13.5. The molecule has 3 aromatic rings. The molecular weight excluding hydrogens is 524 g/mol. The molecular formula is C28H24N2O6S2. The van der Waals surface area contributed by atoms with E-state index < -0.39 is 41.4 Å². The lowest BCUT2D eigenvalue weighted by atomic mass is 9.97. The van der Waals surface area contributed by atoms with E-state index in [2.05, 4.69) is 5.32 Å². The Balaban J connectivity index is 1.36. The summed E-state index contributed by atoms with van der Waals surface area (Å²) in [5, 5.41) is 5.62. The van der Waals surface area contributed by atoms with Crippen LogP contribution in [0.25, 0.3) is 0 Å². The Labute approximate surface area is 227 Å². The van der Waals surface area contributed by atoms with Crippen molar-refractivity contribution in [3.63, 3.8) is 0 Å². The first-order valence-corrected chi connectivity index (χ1v) is 13.7. The average Bonchev–Trinajstić information content (AvgIpc) is 3.47. The maximum Gasteiger partial charge on any atom is 0.338 e. The number of hydrogen-bond donors (Lipinski definition) is 1. The van der Waals surface area contributed by atoms with Gasteiger partial charge in [-0.1, -0.05) is 66.7 Å². The molecule has 0 saturated carbocycles. The molecule has 194 valence electrons. The minimum atomic E-state index is -1.27. The van der Waals surface area contributed by atoms with E-state index in [9.17, 15) is 19.2 Å². The number of hydrogen-bond acceptors (Lipinski definition) is 8. The number of rotatable bonds is 8. The van der Waals surface area contributed by atoms with E-state index in [0.29, 0.717) is 0 Å². The summed E-state index contributed by atoms with van der Waals surface area (Å²) in [5.74, 6) is -2.24. The van der Waals surface area contributed by atoms with Crippen molar-refractivity contribution < 1.29 is 28.7 Å². The number of thiophene rings is 1. The monoisotopic (exact) mass is 548 g/mol. The molecule has 2 unspecified atom stereocenters. The van der Waals surface area contributed by atoms with Crippen LogP contribution < -0.4 is 5.32 Å². The van der Waals surface area contributed by atoms with Crippen molar-refractivity contribution in [2.75, 3.05) is 7.11 Å². The van der Waals surface area contributed by atoms with Gasteiger partial charge < -0.3 is 19.7 Å². The van der Waals surface area contributed by atoms with E-state index in [-0.39, 0.29) is 17.9 Å². The lowest BCUT2D eigenvalue weighted by Crippen LogP contribution is -2.74. The fraction of sp³-hybridized carbons (Fsp3) is 0.214. The second-order valence-electron chi connectivity index (χ2n) is 8.68. The SMILES string of the molecule is COC(=O)C1C(C(=O)OC(c2ccccc2)c2ccccc2)=CS[C@@H]2C(NC(=O)Cc3cccs3)C(=O)N12. The number of benzene rings is 2. The van der Waals surface area contributed by atoms with Gasteiger partial charge in [-0.2, -0.15) is 0 Å². The molecule has 38 heavy (non-hydrogen) atoms. The van der Waals surface area contributed by atoms with Crippen LogP contribution in [0.5, 0.6) is 0 Å². The lowest BCUT2D eigenvalue weighted by Gasteiger charge is -2.51. The number of carbonyl (C=O) groups is 4. The summed E-state index contributed by atoms with van der Waals surface area (Å²) in [4.78, 5) is 54.1. The van der Waals surface area contributed by atoms with Crippen molar-refractivity contribution >= 4 is 46.9 Å². The topological polar surface area (TPSA) is 102 Å². The number of thioether (sulfide) groups is 1. The van der Waals surface area contributed by atoms with Crippen LogP contribution in [-0.2, 0) is 35.1 Å². The lowest BCUT2D eigenvalue weighted by molar-refractivity contribution is -0.163. The average molecular weight is 549 g/mol. The van der Waals surface area contributed by atoms with Gasteiger partial charge in [0.25, 0.3) is 0 Å². The van der Waals surface area contributed by atoms with Crippen molar-refractivity contribution in [2.24, 2.45) is 0 Å². The molecule has 3 atom stereocenters. The molecule has 3 heterocycles. The van der Waals surface area contributed by atoms with E-state index in [1.54, 1.807) is 0 Å². The molecule has 2 aliphatic heterocycles. The number of carbonyl (C=O) groups excluding carboxylic acids is 4. The van der Waals surface area contributed by atoms with E-state index >= 15 is 0 Å². The van der Waals surface area contributed by atoms with Crippen LogP contribution in [0.3, 0.4) is 0 Å². The van der Waals surface area contributed by atoms with E-state index in [1.165, 1.54) is 40.5 Å². The van der Waals surface area contributed by atoms with Gasteiger partial charge in [0.2, 0.25) is 11.8 Å². The number of ether oxygens (including phenoxy) is 2. The summed E-state index contributed by atoms with van der Waals surface area (Å²) in [5.41, 5.74) is 1.53. The molecule has 0 aliphatic carbocycles. The second-order valence-corrected chi connectivity index (χ2v) is 10.7. The van der Waals surface area contributed by atoms with Crippen molar-refractivity contribution in [2.45, 2.75) is 30.0 Å². The third kappa shape index (κ3) is 5.09. The van der Waals surface area contributed by atoms with Crippen molar-refractivity contribution in [3.8, 4) is 0 Å². The van der Waals surface area contributed by atoms with Gasteiger partial charge in [0.05, 0.1) is 19.1 Å². The van der Waals surface area contributed by atoms with Crippen LogP contribution in [0, 0.1) is 0 Å². The number of nitrogens with zero attached hydrogens (tertiary/aromatic N) is 1. The highest BCUT2D eigenvalue weighted by atomic mass is 32.2. The second kappa shape index (κ2) is 11.2. The molecule has 2 aliphatic rings. The minimum absolute atomic E-state index is 0.00618. The number of amides is 2. The van der Waals surface area contributed by atoms with Gasteiger partial charge in [0.1, 0.15) is 11.4 Å². The fourth-order valence-corrected chi connectivity index (χ4v) is 6.38. The summed E-state index contributed by atoms with van der Waals surface area (Å²) < 4.78 is 10.9. The molecule has 8 nitrogen and oxygen atoms in total. The normalized spacial score (nSPS) is 20.2. The maximum atomic E-state index is 13.5. The molecule has 0 radical (unpaired) electrons. The van der Waals surface area contributed by atoms with Gasteiger partial charge in [-0.3, -0.25) is 9.59 Å². The van der Waals surface area contributed by atoms with Gasteiger partial charge >= 0.3 is 11.9 Å². The Bertz CT molecular complexity index is 1320. The van der Waals surface area contributed by atoms with Gasteiger partial charge in [-0.05, 0) is 28.0 Å². The summed E-state index contributed by atoms with van der Waals surface area (Å²) >= 11 is 2.64. The predicted molar refractivity (Wildman–Crippen MR) is 143 cm³/mol. The summed E-state index contributed by atoms with van der Waals surface area (Å²) in [6, 6.07) is 20.2. The van der Waals surface area contributed by atoms with Gasteiger partial charge in [0, 0.05) is 4.88 Å². The zero-order valence-electron chi connectivity index (χ0n) is 20.3. The van der Waals surface area contributed by atoms with Crippen molar-refractivity contribution in [1.29, 1.82) is 0 Å². The number of methoxy groups -OCH3 is 1. The Morgan fingerprint density at radius 1 is 0.974 bits per heavy atom. The number of esters is 2. The highest BCUT2D eigenvalue weighted by Gasteiger charge is 2.57. The van der Waals surface area contributed by atoms with E-state index in [0.717, 1.165) is 16.0 Å². The quantitative estimate of drug-likeness (QED) is 0.340.